The van der Waals surface area contributed by atoms with Crippen molar-refractivity contribution >= 4 is 29.7 Å². The van der Waals surface area contributed by atoms with Gasteiger partial charge in [0.25, 0.3) is 5.91 Å². The van der Waals surface area contributed by atoms with Crippen LogP contribution in [0.2, 0.25) is 0 Å². The molecule has 2 aliphatic rings. The van der Waals surface area contributed by atoms with Crippen molar-refractivity contribution < 1.29 is 19.1 Å². The smallest absolute Gasteiger partial charge is 0.257 e. The van der Waals surface area contributed by atoms with Crippen LogP contribution in [0.25, 0.3) is 6.08 Å². The van der Waals surface area contributed by atoms with Crippen molar-refractivity contribution in [2.24, 2.45) is 5.92 Å². The van der Waals surface area contributed by atoms with Gasteiger partial charge in [0.2, 0.25) is 5.91 Å². The molecule has 0 radical (unpaired) electrons. The second kappa shape index (κ2) is 10.8. The lowest BCUT2D eigenvalue weighted by molar-refractivity contribution is -0.142. The fraction of sp³-hybridized carbons (Fsp3) is 0.545. The summed E-state index contributed by atoms with van der Waals surface area (Å²) in [6.45, 7) is 5.22. The van der Waals surface area contributed by atoms with Crippen LogP contribution < -0.4 is 10.6 Å². The predicted octanol–water partition coefficient (Wildman–Crippen LogP) is 2.94. The number of fused-ring (bicyclic) bond motifs is 1. The predicted molar refractivity (Wildman–Crippen MR) is 115 cm³/mol. The third-order valence-corrected chi connectivity index (χ3v) is 6.65. The maximum Gasteiger partial charge on any atom is 0.257 e. The first-order chi connectivity index (χ1) is 14.1. The third kappa shape index (κ3) is 6.07. The van der Waals surface area contributed by atoms with Crippen molar-refractivity contribution in [3.63, 3.8) is 0 Å². The minimum Gasteiger partial charge on any atom is -0.351 e. The molecule has 6 nitrogen and oxygen atoms in total. The average Bonchev–Trinajstić information content (AvgIpc) is 2.73. The highest BCUT2D eigenvalue weighted by molar-refractivity contribution is 8.04. The first kappa shape index (κ1) is 21.9. The van der Waals surface area contributed by atoms with E-state index in [9.17, 15) is 9.59 Å². The normalized spacial score (nSPS) is 25.6. The van der Waals surface area contributed by atoms with Gasteiger partial charge in [0.1, 0.15) is 0 Å². The first-order valence-corrected chi connectivity index (χ1v) is 11.2. The number of amides is 2. The van der Waals surface area contributed by atoms with E-state index >= 15 is 0 Å². The summed E-state index contributed by atoms with van der Waals surface area (Å²) >= 11 is 1.64. The van der Waals surface area contributed by atoms with Gasteiger partial charge in [-0.3, -0.25) is 9.59 Å². The summed E-state index contributed by atoms with van der Waals surface area (Å²) in [6.07, 6.45) is 3.92. The Morgan fingerprint density at radius 2 is 1.97 bits per heavy atom. The molecule has 3 rings (SSSR count). The summed E-state index contributed by atoms with van der Waals surface area (Å²) in [5.41, 5.74) is 1.02. The maximum atomic E-state index is 12.6. The van der Waals surface area contributed by atoms with Crippen molar-refractivity contribution in [2.75, 3.05) is 19.8 Å². The van der Waals surface area contributed by atoms with Gasteiger partial charge in [-0.1, -0.05) is 30.3 Å². The SMILES string of the molecule is CCOC(CNC(=O)C1CCC2S/C(=C\c3ccccc3)C(=O)NC2C1)OCC. The molecule has 2 fully saturated rings. The molecular weight excluding hydrogens is 388 g/mol. The van der Waals surface area contributed by atoms with E-state index in [4.69, 9.17) is 9.47 Å². The number of rotatable bonds is 8. The molecule has 0 aromatic heterocycles. The lowest BCUT2D eigenvalue weighted by atomic mass is 9.84. The number of carbonyl (C=O) groups excluding carboxylic acids is 2. The lowest BCUT2D eigenvalue weighted by Crippen LogP contribution is -2.52. The Balaban J connectivity index is 1.53. The Hall–Kier alpha value is -1.83. The van der Waals surface area contributed by atoms with Crippen LogP contribution in [0.5, 0.6) is 0 Å². The Morgan fingerprint density at radius 3 is 2.66 bits per heavy atom. The summed E-state index contributed by atoms with van der Waals surface area (Å²) in [5.74, 6) is -0.132. The Bertz CT molecular complexity index is 719. The molecule has 1 aliphatic heterocycles. The van der Waals surface area contributed by atoms with E-state index < -0.39 is 6.29 Å². The topological polar surface area (TPSA) is 76.7 Å². The van der Waals surface area contributed by atoms with E-state index in [0.29, 0.717) is 31.4 Å². The fourth-order valence-electron chi connectivity index (χ4n) is 3.80. The number of hydrogen-bond donors (Lipinski definition) is 2. The molecule has 0 bridgehead atoms. The summed E-state index contributed by atoms with van der Waals surface area (Å²) in [6, 6.07) is 9.90. The molecule has 2 N–H and O–H groups in total. The fourth-order valence-corrected chi connectivity index (χ4v) is 5.09. The monoisotopic (exact) mass is 418 g/mol. The van der Waals surface area contributed by atoms with Gasteiger partial charge in [-0.2, -0.15) is 0 Å². The third-order valence-electron chi connectivity index (χ3n) is 5.22. The number of carbonyl (C=O) groups is 2. The van der Waals surface area contributed by atoms with Crippen LogP contribution in [-0.2, 0) is 19.1 Å². The van der Waals surface area contributed by atoms with Crippen molar-refractivity contribution in [3.8, 4) is 0 Å². The van der Waals surface area contributed by atoms with Gasteiger partial charge < -0.3 is 20.1 Å². The van der Waals surface area contributed by atoms with E-state index in [1.807, 2.05) is 50.3 Å². The highest BCUT2D eigenvalue weighted by Crippen LogP contribution is 2.39. The number of benzene rings is 1. The highest BCUT2D eigenvalue weighted by atomic mass is 32.2. The highest BCUT2D eigenvalue weighted by Gasteiger charge is 2.39. The minimum absolute atomic E-state index is 0.0118. The van der Waals surface area contributed by atoms with Gasteiger partial charge in [0.05, 0.1) is 11.4 Å². The molecule has 1 aromatic rings. The average molecular weight is 419 g/mol. The second-order valence-corrected chi connectivity index (χ2v) is 8.53. The molecule has 1 saturated heterocycles. The zero-order valence-corrected chi connectivity index (χ0v) is 17.9. The van der Waals surface area contributed by atoms with Crippen LogP contribution in [0, 0.1) is 5.92 Å². The molecular formula is C22H30N2O4S. The zero-order chi connectivity index (χ0) is 20.6. The minimum atomic E-state index is -0.416. The Kier molecular flexibility index (Phi) is 8.15. The molecule has 7 heteroatoms. The van der Waals surface area contributed by atoms with E-state index in [-0.39, 0.29) is 23.8 Å². The van der Waals surface area contributed by atoms with Crippen molar-refractivity contribution in [3.05, 3.63) is 40.8 Å². The number of hydrogen-bond acceptors (Lipinski definition) is 5. The van der Waals surface area contributed by atoms with Crippen LogP contribution in [0.4, 0.5) is 0 Å². The largest absolute Gasteiger partial charge is 0.351 e. The van der Waals surface area contributed by atoms with Gasteiger partial charge in [0, 0.05) is 30.4 Å². The van der Waals surface area contributed by atoms with Crippen molar-refractivity contribution in [2.45, 2.75) is 50.7 Å². The molecule has 3 unspecified atom stereocenters. The maximum absolute atomic E-state index is 12.6. The lowest BCUT2D eigenvalue weighted by Gasteiger charge is -2.39. The van der Waals surface area contributed by atoms with Crippen LogP contribution in [0.15, 0.2) is 35.2 Å². The van der Waals surface area contributed by atoms with Crippen LogP contribution >= 0.6 is 11.8 Å². The zero-order valence-electron chi connectivity index (χ0n) is 17.1. The summed E-state index contributed by atoms with van der Waals surface area (Å²) in [4.78, 5) is 25.9. The van der Waals surface area contributed by atoms with E-state index in [1.165, 1.54) is 0 Å². The molecule has 2 amide bonds. The van der Waals surface area contributed by atoms with E-state index in [1.54, 1.807) is 11.8 Å². The van der Waals surface area contributed by atoms with E-state index in [2.05, 4.69) is 10.6 Å². The van der Waals surface area contributed by atoms with Gasteiger partial charge in [-0.05, 0) is 44.7 Å². The van der Waals surface area contributed by atoms with Crippen LogP contribution in [-0.4, -0.2) is 49.2 Å². The molecule has 3 atom stereocenters. The molecule has 1 aromatic carbocycles. The second-order valence-electron chi connectivity index (χ2n) is 7.25. The Labute approximate surface area is 176 Å². The summed E-state index contributed by atoms with van der Waals surface area (Å²) in [5, 5.41) is 6.38. The number of thioether (sulfide) groups is 1. The molecule has 158 valence electrons. The number of nitrogens with one attached hydrogen (secondary N) is 2. The van der Waals surface area contributed by atoms with E-state index in [0.717, 1.165) is 23.3 Å². The Morgan fingerprint density at radius 1 is 1.24 bits per heavy atom. The number of ether oxygens (including phenoxy) is 2. The van der Waals surface area contributed by atoms with Crippen molar-refractivity contribution in [1.82, 2.24) is 10.6 Å². The van der Waals surface area contributed by atoms with Crippen molar-refractivity contribution in [1.29, 1.82) is 0 Å². The molecule has 0 spiro atoms. The molecule has 1 heterocycles. The standard InChI is InChI=1S/C22H30N2O4S/c1-3-27-20(28-4-2)14-23-21(25)16-10-11-18-17(13-16)24-22(26)19(29-18)12-15-8-6-5-7-9-15/h5-9,12,16-18,20H,3-4,10-11,13-14H2,1-2H3,(H,23,25)(H,24,26)/b19-12-. The van der Waals surface area contributed by atoms with Gasteiger partial charge >= 0.3 is 0 Å². The van der Waals surface area contributed by atoms with Gasteiger partial charge in [0.15, 0.2) is 6.29 Å². The molecule has 1 saturated carbocycles. The molecule has 1 aliphatic carbocycles. The quantitative estimate of drug-likeness (QED) is 0.501. The van der Waals surface area contributed by atoms with Crippen LogP contribution in [0.3, 0.4) is 0 Å². The summed E-state index contributed by atoms with van der Waals surface area (Å²) < 4.78 is 11.0. The van der Waals surface area contributed by atoms with Gasteiger partial charge in [-0.25, -0.2) is 0 Å². The first-order valence-electron chi connectivity index (χ1n) is 10.4. The van der Waals surface area contributed by atoms with Gasteiger partial charge in [-0.15, -0.1) is 11.8 Å². The van der Waals surface area contributed by atoms with Crippen LogP contribution in [0.1, 0.15) is 38.7 Å². The molecule has 29 heavy (non-hydrogen) atoms. The summed E-state index contributed by atoms with van der Waals surface area (Å²) in [7, 11) is 0.